The molecule has 1 aromatic heterocycles. The first-order valence-corrected chi connectivity index (χ1v) is 9.69. The average molecular weight is 390 g/mol. The van der Waals surface area contributed by atoms with Crippen molar-refractivity contribution in [1.29, 1.82) is 0 Å². The van der Waals surface area contributed by atoms with Crippen LogP contribution in [-0.4, -0.2) is 22.5 Å². The summed E-state index contributed by atoms with van der Waals surface area (Å²) in [5.41, 5.74) is 4.43. The van der Waals surface area contributed by atoms with Crippen LogP contribution >= 0.6 is 0 Å². The number of ether oxygens (including phenoxy) is 1. The maximum atomic E-state index is 12.7. The SMILES string of the molecule is Cc1cc(C(=O)O[C@@H](C)C(=O)NCc2ccccc2)c(C)n1Cc1ccccc1. The predicted octanol–water partition coefficient (Wildman–Crippen LogP) is 4.01. The molecule has 0 aliphatic carbocycles. The van der Waals surface area contributed by atoms with Crippen LogP contribution in [0.2, 0.25) is 0 Å². The molecule has 0 aliphatic heterocycles. The second-order valence-electron chi connectivity index (χ2n) is 7.11. The monoisotopic (exact) mass is 390 g/mol. The zero-order chi connectivity index (χ0) is 20.8. The zero-order valence-electron chi connectivity index (χ0n) is 17.0. The quantitative estimate of drug-likeness (QED) is 0.620. The van der Waals surface area contributed by atoms with Crippen molar-refractivity contribution in [1.82, 2.24) is 9.88 Å². The van der Waals surface area contributed by atoms with Crippen LogP contribution in [-0.2, 0) is 22.6 Å². The minimum absolute atomic E-state index is 0.319. The van der Waals surface area contributed by atoms with E-state index in [1.54, 1.807) is 6.92 Å². The lowest BCUT2D eigenvalue weighted by atomic mass is 10.2. The Hall–Kier alpha value is -3.34. The van der Waals surface area contributed by atoms with Crippen LogP contribution in [0.3, 0.4) is 0 Å². The van der Waals surface area contributed by atoms with Crippen molar-refractivity contribution in [2.75, 3.05) is 0 Å². The highest BCUT2D eigenvalue weighted by Gasteiger charge is 2.22. The third-order valence-corrected chi connectivity index (χ3v) is 4.94. The molecule has 0 bridgehead atoms. The highest BCUT2D eigenvalue weighted by atomic mass is 16.5. The van der Waals surface area contributed by atoms with Crippen LogP contribution in [0.4, 0.5) is 0 Å². The summed E-state index contributed by atoms with van der Waals surface area (Å²) in [4.78, 5) is 24.9. The molecule has 29 heavy (non-hydrogen) atoms. The maximum Gasteiger partial charge on any atom is 0.340 e. The molecule has 1 N–H and O–H groups in total. The summed E-state index contributed by atoms with van der Waals surface area (Å²) < 4.78 is 7.50. The Morgan fingerprint density at radius 1 is 0.966 bits per heavy atom. The first kappa shape index (κ1) is 20.4. The van der Waals surface area contributed by atoms with Crippen molar-refractivity contribution in [3.05, 3.63) is 94.8 Å². The Morgan fingerprint density at radius 3 is 2.17 bits per heavy atom. The van der Waals surface area contributed by atoms with Gasteiger partial charge in [0.15, 0.2) is 6.10 Å². The fraction of sp³-hybridized carbons (Fsp3) is 0.250. The number of nitrogens with one attached hydrogen (secondary N) is 1. The normalized spacial score (nSPS) is 11.7. The first-order chi connectivity index (χ1) is 14.0. The Bertz CT molecular complexity index is 978. The highest BCUT2D eigenvalue weighted by Crippen LogP contribution is 2.19. The van der Waals surface area contributed by atoms with Gasteiger partial charge in [0.1, 0.15) is 0 Å². The second kappa shape index (κ2) is 9.24. The Kier molecular flexibility index (Phi) is 6.50. The van der Waals surface area contributed by atoms with Crippen LogP contribution in [0.5, 0.6) is 0 Å². The van der Waals surface area contributed by atoms with E-state index in [9.17, 15) is 9.59 Å². The molecule has 0 unspecified atom stereocenters. The summed E-state index contributed by atoms with van der Waals surface area (Å²) in [5, 5.41) is 2.80. The Balaban J connectivity index is 1.62. The number of benzene rings is 2. The molecule has 1 heterocycles. The Labute approximate surface area is 171 Å². The lowest BCUT2D eigenvalue weighted by Gasteiger charge is -2.14. The number of carbonyl (C=O) groups is 2. The number of rotatable bonds is 7. The number of carbonyl (C=O) groups excluding carboxylic acids is 2. The minimum atomic E-state index is -0.872. The van der Waals surface area contributed by atoms with Gasteiger partial charge in [-0.15, -0.1) is 0 Å². The van der Waals surface area contributed by atoms with Crippen molar-refractivity contribution in [2.45, 2.75) is 40.0 Å². The van der Waals surface area contributed by atoms with Gasteiger partial charge in [-0.05, 0) is 38.0 Å². The molecule has 0 saturated heterocycles. The summed E-state index contributed by atoms with van der Waals surface area (Å²) in [6.45, 7) is 6.52. The molecule has 3 rings (SSSR count). The largest absolute Gasteiger partial charge is 0.449 e. The molecule has 0 aliphatic rings. The number of aromatic nitrogens is 1. The van der Waals surface area contributed by atoms with Crippen molar-refractivity contribution in [2.24, 2.45) is 0 Å². The van der Waals surface area contributed by atoms with Crippen LogP contribution in [0.25, 0.3) is 0 Å². The van der Waals surface area contributed by atoms with Crippen LogP contribution in [0, 0.1) is 13.8 Å². The smallest absolute Gasteiger partial charge is 0.340 e. The topological polar surface area (TPSA) is 60.3 Å². The molecular weight excluding hydrogens is 364 g/mol. The van der Waals surface area contributed by atoms with Gasteiger partial charge < -0.3 is 14.6 Å². The van der Waals surface area contributed by atoms with Gasteiger partial charge in [0.2, 0.25) is 0 Å². The van der Waals surface area contributed by atoms with Crippen molar-refractivity contribution < 1.29 is 14.3 Å². The molecule has 0 radical (unpaired) electrons. The molecular formula is C24H26N2O3. The summed E-state index contributed by atoms with van der Waals surface area (Å²) in [5.74, 6) is -0.805. The van der Waals surface area contributed by atoms with Crippen molar-refractivity contribution in [3.8, 4) is 0 Å². The fourth-order valence-electron chi connectivity index (χ4n) is 3.22. The molecule has 2 aromatic carbocycles. The van der Waals surface area contributed by atoms with Gasteiger partial charge in [-0.1, -0.05) is 60.7 Å². The van der Waals surface area contributed by atoms with E-state index in [1.165, 1.54) is 0 Å². The summed E-state index contributed by atoms with van der Waals surface area (Å²) in [6.07, 6.45) is -0.872. The number of nitrogens with zero attached hydrogens (tertiary/aromatic N) is 1. The van der Waals surface area contributed by atoms with E-state index in [-0.39, 0.29) is 5.91 Å². The van der Waals surface area contributed by atoms with Crippen LogP contribution < -0.4 is 5.32 Å². The zero-order valence-corrected chi connectivity index (χ0v) is 17.0. The maximum absolute atomic E-state index is 12.7. The summed E-state index contributed by atoms with van der Waals surface area (Å²) in [6, 6.07) is 21.5. The van der Waals surface area contributed by atoms with Crippen molar-refractivity contribution in [3.63, 3.8) is 0 Å². The number of amides is 1. The van der Waals surface area contributed by atoms with E-state index in [2.05, 4.69) is 22.0 Å². The van der Waals surface area contributed by atoms with Gasteiger partial charge in [-0.25, -0.2) is 4.79 Å². The predicted molar refractivity (Wildman–Crippen MR) is 113 cm³/mol. The minimum Gasteiger partial charge on any atom is -0.449 e. The van der Waals surface area contributed by atoms with E-state index in [0.29, 0.717) is 18.7 Å². The molecule has 5 nitrogen and oxygen atoms in total. The first-order valence-electron chi connectivity index (χ1n) is 9.69. The third kappa shape index (κ3) is 5.13. The third-order valence-electron chi connectivity index (χ3n) is 4.94. The van der Waals surface area contributed by atoms with E-state index >= 15 is 0 Å². The number of hydrogen-bond acceptors (Lipinski definition) is 3. The molecule has 3 aromatic rings. The standard InChI is InChI=1S/C24H26N2O3/c1-17-14-22(18(2)26(17)16-21-12-8-5-9-13-21)24(28)29-19(3)23(27)25-15-20-10-6-4-7-11-20/h4-14,19H,15-16H2,1-3H3,(H,25,27)/t19-/m0/s1. The van der Waals surface area contributed by atoms with Crippen molar-refractivity contribution >= 4 is 11.9 Å². The molecule has 0 spiro atoms. The fourth-order valence-corrected chi connectivity index (χ4v) is 3.22. The number of aryl methyl sites for hydroxylation is 1. The van der Waals surface area contributed by atoms with Crippen LogP contribution in [0.1, 0.15) is 39.8 Å². The molecule has 1 amide bonds. The van der Waals surface area contributed by atoms with E-state index in [4.69, 9.17) is 4.74 Å². The number of esters is 1. The van der Waals surface area contributed by atoms with Gasteiger partial charge in [0, 0.05) is 24.5 Å². The van der Waals surface area contributed by atoms with Gasteiger partial charge >= 0.3 is 5.97 Å². The van der Waals surface area contributed by atoms with Crippen LogP contribution in [0.15, 0.2) is 66.7 Å². The van der Waals surface area contributed by atoms with E-state index in [0.717, 1.165) is 22.5 Å². The summed E-state index contributed by atoms with van der Waals surface area (Å²) in [7, 11) is 0. The number of hydrogen-bond donors (Lipinski definition) is 1. The Morgan fingerprint density at radius 2 is 1.55 bits per heavy atom. The van der Waals surface area contributed by atoms with E-state index in [1.807, 2.05) is 68.4 Å². The van der Waals surface area contributed by atoms with Gasteiger partial charge in [-0.2, -0.15) is 0 Å². The van der Waals surface area contributed by atoms with Gasteiger partial charge in [0.05, 0.1) is 5.56 Å². The highest BCUT2D eigenvalue weighted by molar-refractivity contribution is 5.93. The molecule has 5 heteroatoms. The van der Waals surface area contributed by atoms with E-state index < -0.39 is 12.1 Å². The molecule has 1 atom stereocenters. The summed E-state index contributed by atoms with van der Waals surface area (Å²) >= 11 is 0. The van der Waals surface area contributed by atoms with Gasteiger partial charge in [0.25, 0.3) is 5.91 Å². The van der Waals surface area contributed by atoms with Gasteiger partial charge in [-0.3, -0.25) is 4.79 Å². The second-order valence-corrected chi connectivity index (χ2v) is 7.11. The molecule has 0 saturated carbocycles. The average Bonchev–Trinajstić information content (AvgIpc) is 3.02. The lowest BCUT2D eigenvalue weighted by Crippen LogP contribution is -2.35. The molecule has 0 fully saturated rings. The molecule has 150 valence electrons. The lowest BCUT2D eigenvalue weighted by molar-refractivity contribution is -0.129.